The fraction of sp³-hybridized carbons (Fsp3) is 0.300. The van der Waals surface area contributed by atoms with Crippen LogP contribution < -0.4 is 15.0 Å². The van der Waals surface area contributed by atoms with Crippen LogP contribution in [0.15, 0.2) is 46.9 Å². The van der Waals surface area contributed by atoms with Gasteiger partial charge in [0.2, 0.25) is 0 Å². The molecule has 1 N–H and O–H groups in total. The van der Waals surface area contributed by atoms with Gasteiger partial charge in [-0.2, -0.15) is 13.2 Å². The third-order valence-corrected chi connectivity index (χ3v) is 5.40. The Labute approximate surface area is 190 Å². The zero-order chi connectivity index (χ0) is 22.6. The van der Waals surface area contributed by atoms with Crippen LogP contribution in [0.3, 0.4) is 0 Å². The van der Waals surface area contributed by atoms with Gasteiger partial charge >= 0.3 is 12.1 Å². The minimum absolute atomic E-state index is 0.0550. The standard InChI is InChI=1S/C20H18BrClF3N3O3/c21-13-1-4-15(5-2-13)31-12-18(29)26-14-3-6-17(16(22)11-14)27-7-9-28(10-8-27)19(30)20(23,24)25/h1-6,11H,7-10,12H2,(H,26,29). The van der Waals surface area contributed by atoms with E-state index >= 15 is 0 Å². The summed E-state index contributed by atoms with van der Waals surface area (Å²) in [5, 5.41) is 3.01. The quantitative estimate of drug-likeness (QED) is 0.638. The molecule has 0 radical (unpaired) electrons. The molecule has 0 bridgehead atoms. The van der Waals surface area contributed by atoms with E-state index in [0.29, 0.717) is 22.1 Å². The van der Waals surface area contributed by atoms with E-state index in [4.69, 9.17) is 16.3 Å². The van der Waals surface area contributed by atoms with Gasteiger partial charge < -0.3 is 19.9 Å². The van der Waals surface area contributed by atoms with Crippen molar-refractivity contribution in [1.29, 1.82) is 0 Å². The number of alkyl halides is 3. The summed E-state index contributed by atoms with van der Waals surface area (Å²) in [5.41, 5.74) is 1.08. The molecule has 0 atom stereocenters. The number of hydrogen-bond donors (Lipinski definition) is 1. The SMILES string of the molecule is O=C(COc1ccc(Br)cc1)Nc1ccc(N2CCN(C(=O)C(F)(F)F)CC2)c(Cl)c1. The first kappa shape index (κ1) is 23.2. The molecular weight excluding hydrogens is 503 g/mol. The third kappa shape index (κ3) is 6.27. The lowest BCUT2D eigenvalue weighted by Crippen LogP contribution is -2.52. The second-order valence-corrected chi connectivity index (χ2v) is 8.06. The number of halogens is 5. The number of ether oxygens (including phenoxy) is 1. The molecule has 1 saturated heterocycles. The molecule has 1 fully saturated rings. The number of amides is 2. The smallest absolute Gasteiger partial charge is 0.471 e. The van der Waals surface area contributed by atoms with Crippen molar-refractivity contribution in [2.45, 2.75) is 6.18 Å². The van der Waals surface area contributed by atoms with Crippen LogP contribution in [0.1, 0.15) is 0 Å². The maximum absolute atomic E-state index is 12.6. The average Bonchev–Trinajstić information content (AvgIpc) is 2.72. The van der Waals surface area contributed by atoms with Crippen LogP contribution >= 0.6 is 27.5 Å². The van der Waals surface area contributed by atoms with E-state index < -0.39 is 12.1 Å². The molecule has 2 amide bonds. The monoisotopic (exact) mass is 519 g/mol. The highest BCUT2D eigenvalue weighted by molar-refractivity contribution is 9.10. The number of nitrogens with one attached hydrogen (secondary N) is 1. The lowest BCUT2D eigenvalue weighted by atomic mass is 10.2. The summed E-state index contributed by atoms with van der Waals surface area (Å²) >= 11 is 9.63. The van der Waals surface area contributed by atoms with E-state index in [1.54, 1.807) is 47.4 Å². The summed E-state index contributed by atoms with van der Waals surface area (Å²) in [7, 11) is 0. The van der Waals surface area contributed by atoms with E-state index in [2.05, 4.69) is 21.2 Å². The fourth-order valence-electron chi connectivity index (χ4n) is 3.05. The molecule has 166 valence electrons. The molecule has 2 aromatic carbocycles. The molecular formula is C20H18BrClF3N3O3. The highest BCUT2D eigenvalue weighted by atomic mass is 79.9. The van der Waals surface area contributed by atoms with E-state index in [0.717, 1.165) is 9.37 Å². The molecule has 6 nitrogen and oxygen atoms in total. The Morgan fingerprint density at radius 3 is 2.29 bits per heavy atom. The van der Waals surface area contributed by atoms with Gasteiger partial charge in [0.15, 0.2) is 6.61 Å². The van der Waals surface area contributed by atoms with Crippen molar-refractivity contribution < 1.29 is 27.5 Å². The van der Waals surface area contributed by atoms with Gasteiger partial charge in [-0.1, -0.05) is 27.5 Å². The van der Waals surface area contributed by atoms with Crippen LogP contribution in [0.2, 0.25) is 5.02 Å². The van der Waals surface area contributed by atoms with Gasteiger partial charge in [0, 0.05) is 36.3 Å². The van der Waals surface area contributed by atoms with E-state index in [1.165, 1.54) is 0 Å². The summed E-state index contributed by atoms with van der Waals surface area (Å²) < 4.78 is 44.0. The molecule has 0 saturated carbocycles. The molecule has 0 unspecified atom stereocenters. The molecule has 0 spiro atoms. The third-order valence-electron chi connectivity index (χ3n) is 4.57. The minimum Gasteiger partial charge on any atom is -0.484 e. The molecule has 31 heavy (non-hydrogen) atoms. The van der Waals surface area contributed by atoms with Crippen LogP contribution in [0.25, 0.3) is 0 Å². The van der Waals surface area contributed by atoms with Crippen molar-refractivity contribution in [1.82, 2.24) is 4.90 Å². The van der Waals surface area contributed by atoms with Crippen LogP contribution in [0.4, 0.5) is 24.5 Å². The topological polar surface area (TPSA) is 61.9 Å². The first-order chi connectivity index (χ1) is 14.6. The largest absolute Gasteiger partial charge is 0.484 e. The van der Waals surface area contributed by atoms with Gasteiger partial charge in [-0.25, -0.2) is 0 Å². The van der Waals surface area contributed by atoms with Gasteiger partial charge in [-0.3, -0.25) is 9.59 Å². The van der Waals surface area contributed by atoms with E-state index in [1.807, 2.05) is 0 Å². The number of anilines is 2. The Bertz CT molecular complexity index is 949. The van der Waals surface area contributed by atoms with Crippen molar-refractivity contribution in [3.63, 3.8) is 0 Å². The lowest BCUT2D eigenvalue weighted by molar-refractivity contribution is -0.185. The van der Waals surface area contributed by atoms with Crippen LogP contribution in [-0.4, -0.2) is 55.7 Å². The van der Waals surface area contributed by atoms with Crippen molar-refractivity contribution in [3.05, 3.63) is 52.0 Å². The lowest BCUT2D eigenvalue weighted by Gasteiger charge is -2.36. The number of carbonyl (C=O) groups is 2. The number of rotatable bonds is 5. The van der Waals surface area contributed by atoms with Gasteiger partial charge in [-0.15, -0.1) is 0 Å². The first-order valence-electron chi connectivity index (χ1n) is 9.22. The summed E-state index contributed by atoms with van der Waals surface area (Å²) in [4.78, 5) is 26.0. The highest BCUT2D eigenvalue weighted by Crippen LogP contribution is 2.30. The van der Waals surface area contributed by atoms with Crippen LogP contribution in [0.5, 0.6) is 5.75 Å². The summed E-state index contributed by atoms with van der Waals surface area (Å²) in [6.45, 7) is 0.139. The Morgan fingerprint density at radius 1 is 1.06 bits per heavy atom. The maximum atomic E-state index is 12.6. The Balaban J connectivity index is 1.53. The van der Waals surface area contributed by atoms with Crippen LogP contribution in [0, 0.1) is 0 Å². The predicted molar refractivity (Wildman–Crippen MR) is 115 cm³/mol. The Hall–Kier alpha value is -2.46. The highest BCUT2D eigenvalue weighted by Gasteiger charge is 2.43. The van der Waals surface area contributed by atoms with Crippen molar-refractivity contribution in [2.24, 2.45) is 0 Å². The number of carbonyl (C=O) groups excluding carboxylic acids is 2. The zero-order valence-corrected chi connectivity index (χ0v) is 18.4. The molecule has 2 aromatic rings. The summed E-state index contributed by atoms with van der Waals surface area (Å²) in [5.74, 6) is -1.65. The molecule has 1 heterocycles. The normalized spacial score (nSPS) is 14.4. The number of nitrogens with zero attached hydrogens (tertiary/aromatic N) is 2. The molecule has 0 aromatic heterocycles. The number of hydrogen-bond acceptors (Lipinski definition) is 4. The maximum Gasteiger partial charge on any atom is 0.471 e. The van der Waals surface area contributed by atoms with Gasteiger partial charge in [0.25, 0.3) is 5.91 Å². The average molecular weight is 521 g/mol. The Morgan fingerprint density at radius 2 is 1.71 bits per heavy atom. The van der Waals surface area contributed by atoms with Gasteiger partial charge in [-0.05, 0) is 42.5 Å². The van der Waals surface area contributed by atoms with E-state index in [9.17, 15) is 22.8 Å². The van der Waals surface area contributed by atoms with Gasteiger partial charge in [0.05, 0.1) is 10.7 Å². The van der Waals surface area contributed by atoms with Crippen molar-refractivity contribution >= 4 is 50.7 Å². The van der Waals surface area contributed by atoms with Crippen molar-refractivity contribution in [2.75, 3.05) is 43.0 Å². The zero-order valence-electron chi connectivity index (χ0n) is 16.1. The summed E-state index contributed by atoms with van der Waals surface area (Å²) in [6.07, 6.45) is -4.87. The first-order valence-corrected chi connectivity index (χ1v) is 10.4. The summed E-state index contributed by atoms with van der Waals surface area (Å²) in [6, 6.07) is 11.9. The molecule has 1 aliphatic rings. The van der Waals surface area contributed by atoms with Gasteiger partial charge in [0.1, 0.15) is 5.75 Å². The predicted octanol–water partition coefficient (Wildman–Crippen LogP) is 4.33. The second-order valence-electron chi connectivity index (χ2n) is 6.73. The van der Waals surface area contributed by atoms with Crippen molar-refractivity contribution in [3.8, 4) is 5.75 Å². The molecule has 0 aliphatic carbocycles. The van der Waals surface area contributed by atoms with E-state index in [-0.39, 0.29) is 38.7 Å². The van der Waals surface area contributed by atoms with Crippen LogP contribution in [-0.2, 0) is 9.59 Å². The molecule has 11 heteroatoms. The Kier molecular flexibility index (Phi) is 7.32. The number of piperazine rings is 1. The molecule has 3 rings (SSSR count). The second kappa shape index (κ2) is 9.78. The molecule has 1 aliphatic heterocycles. The fourth-order valence-corrected chi connectivity index (χ4v) is 3.61. The number of benzene rings is 2. The minimum atomic E-state index is -4.87.